The number of hydrogen-bond acceptors (Lipinski definition) is 4. The van der Waals surface area contributed by atoms with Crippen molar-refractivity contribution in [2.75, 3.05) is 13.2 Å². The zero-order valence-electron chi connectivity index (χ0n) is 16.8. The summed E-state index contributed by atoms with van der Waals surface area (Å²) in [7, 11) is 0. The topological polar surface area (TPSA) is 64.6 Å². The van der Waals surface area contributed by atoms with E-state index in [1.54, 1.807) is 18.2 Å². The van der Waals surface area contributed by atoms with Crippen LogP contribution < -0.4 is 14.8 Å². The van der Waals surface area contributed by atoms with E-state index in [-0.39, 0.29) is 17.8 Å². The van der Waals surface area contributed by atoms with Gasteiger partial charge in [-0.15, -0.1) is 0 Å². The van der Waals surface area contributed by atoms with Crippen LogP contribution in [0.15, 0.2) is 72.8 Å². The summed E-state index contributed by atoms with van der Waals surface area (Å²) < 4.78 is 25.4. The Labute approximate surface area is 179 Å². The lowest BCUT2D eigenvalue weighted by Crippen LogP contribution is -2.43. The summed E-state index contributed by atoms with van der Waals surface area (Å²) in [6, 6.07) is 19.7. The minimum atomic E-state index is -0.824. The van der Waals surface area contributed by atoms with Gasteiger partial charge in [-0.2, -0.15) is 0 Å². The lowest BCUT2D eigenvalue weighted by molar-refractivity contribution is -0.120. The molecule has 3 aromatic carbocycles. The van der Waals surface area contributed by atoms with E-state index in [0.29, 0.717) is 36.7 Å². The van der Waals surface area contributed by atoms with Gasteiger partial charge in [-0.25, -0.2) is 4.39 Å². The van der Waals surface area contributed by atoms with Crippen LogP contribution in [0.5, 0.6) is 11.5 Å². The number of benzene rings is 3. The van der Waals surface area contributed by atoms with E-state index in [0.717, 1.165) is 5.56 Å². The zero-order chi connectivity index (χ0) is 21.6. The molecule has 1 N–H and O–H groups in total. The standard InChI is InChI=1S/C25H22FNO4/c26-20-11-5-4-10-19(20)25(29)27-21(15-17-7-2-1-3-8-17)22(28)16-18-9-6-12-23-24(18)31-14-13-30-23/h1-12,21H,13-16H2,(H,27,29). The third-order valence-electron chi connectivity index (χ3n) is 5.11. The fraction of sp³-hybridized carbons (Fsp3) is 0.200. The van der Waals surface area contributed by atoms with Gasteiger partial charge in [0, 0.05) is 12.0 Å². The SMILES string of the molecule is O=C(NC(Cc1ccccc1)C(=O)Cc1cccc2c1OCCO2)c1ccccc1F. The first-order chi connectivity index (χ1) is 15.1. The van der Waals surface area contributed by atoms with E-state index in [4.69, 9.17) is 9.47 Å². The number of ketones is 1. The summed E-state index contributed by atoms with van der Waals surface area (Å²) in [5.41, 5.74) is 1.49. The van der Waals surface area contributed by atoms with Gasteiger partial charge in [0.15, 0.2) is 17.3 Å². The molecular weight excluding hydrogens is 397 g/mol. The van der Waals surface area contributed by atoms with Crippen LogP contribution in [0.1, 0.15) is 21.5 Å². The van der Waals surface area contributed by atoms with Crippen LogP contribution in [0, 0.1) is 5.82 Å². The Morgan fingerprint density at radius 2 is 1.65 bits per heavy atom. The van der Waals surface area contributed by atoms with Gasteiger partial charge < -0.3 is 14.8 Å². The highest BCUT2D eigenvalue weighted by atomic mass is 19.1. The Balaban J connectivity index is 1.57. The molecule has 0 bridgehead atoms. The molecule has 6 heteroatoms. The minimum absolute atomic E-state index is 0.0571. The van der Waals surface area contributed by atoms with Gasteiger partial charge in [-0.3, -0.25) is 9.59 Å². The molecule has 0 aromatic heterocycles. The normalized spacial score (nSPS) is 13.3. The second-order valence-electron chi connectivity index (χ2n) is 7.28. The molecule has 0 fully saturated rings. The molecule has 0 aliphatic carbocycles. The van der Waals surface area contributed by atoms with Gasteiger partial charge >= 0.3 is 0 Å². The molecular formula is C25H22FNO4. The van der Waals surface area contributed by atoms with Crippen LogP contribution in [0.4, 0.5) is 4.39 Å². The third-order valence-corrected chi connectivity index (χ3v) is 5.11. The molecule has 1 aliphatic rings. The first kappa shape index (κ1) is 20.6. The molecule has 1 unspecified atom stereocenters. The Morgan fingerprint density at radius 1 is 0.903 bits per heavy atom. The first-order valence-electron chi connectivity index (χ1n) is 10.1. The molecule has 0 saturated carbocycles. The maximum Gasteiger partial charge on any atom is 0.254 e. The number of rotatable bonds is 7. The van der Waals surface area contributed by atoms with Gasteiger partial charge in [-0.05, 0) is 30.2 Å². The number of nitrogens with one attached hydrogen (secondary N) is 1. The van der Waals surface area contributed by atoms with Crippen LogP contribution in [0.25, 0.3) is 0 Å². The Bertz CT molecular complexity index is 1080. The maximum absolute atomic E-state index is 14.1. The summed E-state index contributed by atoms with van der Waals surface area (Å²) in [6.45, 7) is 0.870. The van der Waals surface area contributed by atoms with Crippen molar-refractivity contribution in [1.82, 2.24) is 5.32 Å². The third kappa shape index (κ3) is 4.91. The molecule has 158 valence electrons. The number of hydrogen-bond donors (Lipinski definition) is 1. The molecule has 31 heavy (non-hydrogen) atoms. The number of carbonyl (C=O) groups excluding carboxylic acids is 2. The molecule has 3 aromatic rings. The van der Waals surface area contributed by atoms with Crippen LogP contribution in [-0.4, -0.2) is 30.9 Å². The molecule has 0 spiro atoms. The lowest BCUT2D eigenvalue weighted by Gasteiger charge is -2.22. The van der Waals surface area contributed by atoms with Crippen molar-refractivity contribution in [3.8, 4) is 11.5 Å². The number of fused-ring (bicyclic) bond motifs is 1. The Hall–Kier alpha value is -3.67. The van der Waals surface area contributed by atoms with Crippen molar-refractivity contribution in [2.45, 2.75) is 18.9 Å². The van der Waals surface area contributed by atoms with Crippen molar-refractivity contribution in [3.63, 3.8) is 0 Å². The van der Waals surface area contributed by atoms with E-state index in [2.05, 4.69) is 5.32 Å². The van der Waals surface area contributed by atoms with Crippen molar-refractivity contribution in [1.29, 1.82) is 0 Å². The predicted octanol–water partition coefficient (Wildman–Crippen LogP) is 3.75. The number of carbonyl (C=O) groups is 2. The number of ether oxygens (including phenoxy) is 2. The summed E-state index contributed by atoms with van der Waals surface area (Å²) in [5, 5.41) is 2.72. The average Bonchev–Trinajstić information content (AvgIpc) is 2.80. The van der Waals surface area contributed by atoms with Crippen LogP contribution in [-0.2, 0) is 17.6 Å². The van der Waals surface area contributed by atoms with Crippen LogP contribution >= 0.6 is 0 Å². The molecule has 1 heterocycles. The van der Waals surface area contributed by atoms with E-state index in [1.807, 2.05) is 36.4 Å². The average molecular weight is 419 g/mol. The van der Waals surface area contributed by atoms with E-state index in [1.165, 1.54) is 18.2 Å². The predicted molar refractivity (Wildman–Crippen MR) is 114 cm³/mol. The first-order valence-corrected chi connectivity index (χ1v) is 10.1. The molecule has 0 radical (unpaired) electrons. The Kier molecular flexibility index (Phi) is 6.26. The summed E-state index contributed by atoms with van der Waals surface area (Å²) in [4.78, 5) is 26.0. The smallest absolute Gasteiger partial charge is 0.254 e. The molecule has 1 aliphatic heterocycles. The van der Waals surface area contributed by atoms with Gasteiger partial charge in [0.25, 0.3) is 5.91 Å². The maximum atomic E-state index is 14.1. The summed E-state index contributed by atoms with van der Waals surface area (Å²) in [5.74, 6) is -0.292. The highest BCUT2D eigenvalue weighted by molar-refractivity contribution is 5.98. The summed E-state index contributed by atoms with van der Waals surface area (Å²) in [6.07, 6.45) is 0.355. The molecule has 4 rings (SSSR count). The van der Waals surface area contributed by atoms with Gasteiger partial charge in [0.1, 0.15) is 19.0 Å². The van der Waals surface area contributed by atoms with Crippen molar-refractivity contribution in [3.05, 3.63) is 95.3 Å². The van der Waals surface area contributed by atoms with Crippen molar-refractivity contribution in [2.24, 2.45) is 0 Å². The van der Waals surface area contributed by atoms with Crippen molar-refractivity contribution < 1.29 is 23.5 Å². The second-order valence-corrected chi connectivity index (χ2v) is 7.28. The van der Waals surface area contributed by atoms with E-state index >= 15 is 0 Å². The monoisotopic (exact) mass is 419 g/mol. The molecule has 0 saturated heterocycles. The highest BCUT2D eigenvalue weighted by Gasteiger charge is 2.25. The summed E-state index contributed by atoms with van der Waals surface area (Å²) >= 11 is 0. The highest BCUT2D eigenvalue weighted by Crippen LogP contribution is 2.34. The minimum Gasteiger partial charge on any atom is -0.486 e. The number of Topliss-reactive ketones (excluding diaryl/α,β-unsaturated/α-hetero) is 1. The van der Waals surface area contributed by atoms with Crippen molar-refractivity contribution >= 4 is 11.7 Å². The van der Waals surface area contributed by atoms with Gasteiger partial charge in [0.2, 0.25) is 0 Å². The second kappa shape index (κ2) is 9.43. The molecule has 1 amide bonds. The van der Waals surface area contributed by atoms with Crippen LogP contribution in [0.2, 0.25) is 0 Å². The largest absolute Gasteiger partial charge is 0.486 e. The van der Waals surface area contributed by atoms with Crippen LogP contribution in [0.3, 0.4) is 0 Å². The zero-order valence-corrected chi connectivity index (χ0v) is 16.8. The Morgan fingerprint density at radius 3 is 2.45 bits per heavy atom. The van der Waals surface area contributed by atoms with Gasteiger partial charge in [-0.1, -0.05) is 54.6 Å². The fourth-order valence-corrected chi connectivity index (χ4v) is 3.56. The van der Waals surface area contributed by atoms with Gasteiger partial charge in [0.05, 0.1) is 11.6 Å². The lowest BCUT2D eigenvalue weighted by atomic mass is 9.96. The number of para-hydroxylation sites is 1. The number of halogens is 1. The quantitative estimate of drug-likeness (QED) is 0.634. The van der Waals surface area contributed by atoms with E-state index < -0.39 is 17.8 Å². The molecule has 5 nitrogen and oxygen atoms in total. The van der Waals surface area contributed by atoms with E-state index in [9.17, 15) is 14.0 Å². The number of amides is 1. The fourth-order valence-electron chi connectivity index (χ4n) is 3.56. The molecule has 1 atom stereocenters.